The average Bonchev–Trinajstić information content (AvgIpc) is 2.83. The van der Waals surface area contributed by atoms with Crippen LogP contribution in [-0.2, 0) is 4.74 Å². The third-order valence-corrected chi connectivity index (χ3v) is 5.22. The summed E-state index contributed by atoms with van der Waals surface area (Å²) in [4.78, 5) is 16.3. The van der Waals surface area contributed by atoms with Gasteiger partial charge in [-0.25, -0.2) is 4.79 Å². The Hall–Kier alpha value is -1.07. The van der Waals surface area contributed by atoms with E-state index in [9.17, 15) is 4.79 Å². The van der Waals surface area contributed by atoms with Crippen molar-refractivity contribution in [2.45, 2.75) is 45.3 Å². The fraction of sp³-hybridized carbons (Fsp3) is 0.833. The normalized spacial score (nSPS) is 30.9. The molecule has 1 N–H and O–H groups in total. The molecule has 5 heteroatoms. The molecule has 0 spiro atoms. The van der Waals surface area contributed by atoms with Crippen LogP contribution >= 0.6 is 0 Å². The second kappa shape index (κ2) is 6.81. The van der Waals surface area contributed by atoms with Gasteiger partial charge in [0.15, 0.2) is 0 Å². The molecule has 0 aromatic rings. The van der Waals surface area contributed by atoms with Gasteiger partial charge in [0.05, 0.1) is 0 Å². The molecule has 5 nitrogen and oxygen atoms in total. The zero-order valence-electron chi connectivity index (χ0n) is 14.8. The molecule has 1 amide bonds. The van der Waals surface area contributed by atoms with Crippen molar-refractivity contribution in [3.63, 3.8) is 0 Å². The summed E-state index contributed by atoms with van der Waals surface area (Å²) in [5.41, 5.74) is -0.409. The van der Waals surface area contributed by atoms with Crippen LogP contribution in [-0.4, -0.2) is 66.8 Å². The summed E-state index contributed by atoms with van der Waals surface area (Å²) in [6.45, 7) is 11.3. The van der Waals surface area contributed by atoms with Crippen LogP contribution in [0.5, 0.6) is 0 Å². The van der Waals surface area contributed by atoms with Crippen LogP contribution < -0.4 is 5.32 Å². The molecule has 130 valence electrons. The minimum absolute atomic E-state index is 0.177. The summed E-state index contributed by atoms with van der Waals surface area (Å²) in [5, 5.41) is 3.70. The smallest absolute Gasteiger partial charge is 0.410 e. The first-order valence-corrected chi connectivity index (χ1v) is 9.03. The molecular formula is C18H31N3O2. The first-order chi connectivity index (χ1) is 10.9. The molecule has 23 heavy (non-hydrogen) atoms. The minimum Gasteiger partial charge on any atom is -0.444 e. The zero-order chi connectivity index (χ0) is 16.4. The monoisotopic (exact) mass is 321 g/mol. The largest absolute Gasteiger partial charge is 0.444 e. The second-order valence-corrected chi connectivity index (χ2v) is 8.11. The van der Waals surface area contributed by atoms with Crippen molar-refractivity contribution < 1.29 is 9.53 Å². The van der Waals surface area contributed by atoms with Gasteiger partial charge in [0.25, 0.3) is 0 Å². The lowest BCUT2D eigenvalue weighted by Gasteiger charge is -2.41. The average molecular weight is 321 g/mol. The molecule has 1 aliphatic heterocycles. The Bertz CT molecular complexity index is 450. The SMILES string of the molecule is CC(C)(C)OC(=O)N1CCN(CCNC2CC3CC=CC32)CC1. The van der Waals surface area contributed by atoms with Crippen LogP contribution in [0.1, 0.15) is 33.6 Å². The summed E-state index contributed by atoms with van der Waals surface area (Å²) in [6.07, 6.45) is 7.18. The fourth-order valence-corrected chi connectivity index (χ4v) is 3.84. The van der Waals surface area contributed by atoms with E-state index in [0.29, 0.717) is 6.04 Å². The molecule has 2 aliphatic carbocycles. The number of ether oxygens (including phenoxy) is 1. The highest BCUT2D eigenvalue weighted by molar-refractivity contribution is 5.68. The fourth-order valence-electron chi connectivity index (χ4n) is 3.84. The van der Waals surface area contributed by atoms with E-state index in [1.165, 1.54) is 12.8 Å². The van der Waals surface area contributed by atoms with Crippen molar-refractivity contribution in [1.29, 1.82) is 0 Å². The third-order valence-electron chi connectivity index (χ3n) is 5.22. The van der Waals surface area contributed by atoms with Gasteiger partial charge < -0.3 is 15.0 Å². The number of piperazine rings is 1. The lowest BCUT2D eigenvalue weighted by Crippen LogP contribution is -2.53. The Morgan fingerprint density at radius 2 is 2.00 bits per heavy atom. The van der Waals surface area contributed by atoms with Gasteiger partial charge in [0.1, 0.15) is 5.60 Å². The van der Waals surface area contributed by atoms with Crippen molar-refractivity contribution in [2.75, 3.05) is 39.3 Å². The third kappa shape index (κ3) is 4.27. The van der Waals surface area contributed by atoms with Crippen molar-refractivity contribution in [2.24, 2.45) is 11.8 Å². The minimum atomic E-state index is -0.409. The number of carbonyl (C=O) groups excluding carboxylic acids is 1. The number of fused-ring (bicyclic) bond motifs is 1. The molecule has 1 heterocycles. The van der Waals surface area contributed by atoms with Gasteiger partial charge in [-0.2, -0.15) is 0 Å². The Balaban J connectivity index is 1.30. The van der Waals surface area contributed by atoms with Crippen LogP contribution in [0.25, 0.3) is 0 Å². The van der Waals surface area contributed by atoms with Crippen LogP contribution in [0.2, 0.25) is 0 Å². The highest BCUT2D eigenvalue weighted by Crippen LogP contribution is 2.42. The second-order valence-electron chi connectivity index (χ2n) is 8.11. The number of hydrogen-bond donors (Lipinski definition) is 1. The molecule has 3 atom stereocenters. The number of nitrogens with zero attached hydrogens (tertiary/aromatic N) is 2. The molecule has 1 saturated carbocycles. The van der Waals surface area contributed by atoms with Crippen LogP contribution in [0.15, 0.2) is 12.2 Å². The van der Waals surface area contributed by atoms with Gasteiger partial charge in [-0.05, 0) is 45.4 Å². The molecule has 3 rings (SSSR count). The predicted molar refractivity (Wildman–Crippen MR) is 91.4 cm³/mol. The number of carbonyl (C=O) groups is 1. The Morgan fingerprint density at radius 1 is 1.26 bits per heavy atom. The van der Waals surface area contributed by atoms with E-state index in [4.69, 9.17) is 4.74 Å². The maximum Gasteiger partial charge on any atom is 0.410 e. The van der Waals surface area contributed by atoms with E-state index in [0.717, 1.165) is 51.1 Å². The molecule has 0 radical (unpaired) electrons. The van der Waals surface area contributed by atoms with Gasteiger partial charge in [-0.1, -0.05) is 12.2 Å². The van der Waals surface area contributed by atoms with E-state index in [-0.39, 0.29) is 6.09 Å². The van der Waals surface area contributed by atoms with Crippen molar-refractivity contribution in [1.82, 2.24) is 15.1 Å². The molecule has 0 bridgehead atoms. The van der Waals surface area contributed by atoms with Crippen molar-refractivity contribution in [3.05, 3.63) is 12.2 Å². The quantitative estimate of drug-likeness (QED) is 0.806. The predicted octanol–water partition coefficient (Wildman–Crippen LogP) is 2.09. The molecule has 0 aromatic heterocycles. The highest BCUT2D eigenvalue weighted by atomic mass is 16.6. The molecule has 1 saturated heterocycles. The summed E-state index contributed by atoms with van der Waals surface area (Å²) >= 11 is 0. The topological polar surface area (TPSA) is 44.8 Å². The van der Waals surface area contributed by atoms with Gasteiger partial charge in [0.2, 0.25) is 0 Å². The maximum atomic E-state index is 12.0. The standard InChI is InChI=1S/C18H31N3O2/c1-18(2,3)23-17(22)21-11-9-20(10-12-21)8-7-19-16-13-14-5-4-6-15(14)16/h4,6,14-16,19H,5,7-13H2,1-3H3. The van der Waals surface area contributed by atoms with Gasteiger partial charge in [0, 0.05) is 45.3 Å². The first-order valence-electron chi connectivity index (χ1n) is 9.03. The molecule has 0 aromatic carbocycles. The number of nitrogens with one attached hydrogen (secondary N) is 1. The first kappa shape index (κ1) is 16.8. The van der Waals surface area contributed by atoms with Crippen molar-refractivity contribution in [3.8, 4) is 0 Å². The van der Waals surface area contributed by atoms with Crippen LogP contribution in [0.3, 0.4) is 0 Å². The Kier molecular flexibility index (Phi) is 4.97. The lowest BCUT2D eigenvalue weighted by atomic mass is 9.71. The van der Waals surface area contributed by atoms with E-state index in [1.54, 1.807) is 0 Å². The molecule has 3 aliphatic rings. The lowest BCUT2D eigenvalue weighted by molar-refractivity contribution is 0.0144. The summed E-state index contributed by atoms with van der Waals surface area (Å²) in [5.74, 6) is 1.71. The van der Waals surface area contributed by atoms with Crippen molar-refractivity contribution >= 4 is 6.09 Å². The number of allylic oxidation sites excluding steroid dienone is 1. The summed E-state index contributed by atoms with van der Waals surface area (Å²) < 4.78 is 5.44. The number of amides is 1. The number of rotatable bonds is 4. The molecule has 2 fully saturated rings. The maximum absolute atomic E-state index is 12.0. The summed E-state index contributed by atoms with van der Waals surface area (Å²) in [6, 6.07) is 0.696. The van der Waals surface area contributed by atoms with Gasteiger partial charge in [-0.15, -0.1) is 0 Å². The van der Waals surface area contributed by atoms with Crippen LogP contribution in [0, 0.1) is 11.8 Å². The van der Waals surface area contributed by atoms with Gasteiger partial charge >= 0.3 is 6.09 Å². The van der Waals surface area contributed by atoms with Gasteiger partial charge in [-0.3, -0.25) is 4.90 Å². The highest BCUT2D eigenvalue weighted by Gasteiger charge is 2.40. The summed E-state index contributed by atoms with van der Waals surface area (Å²) in [7, 11) is 0. The number of hydrogen-bond acceptors (Lipinski definition) is 4. The zero-order valence-corrected chi connectivity index (χ0v) is 14.8. The van der Waals surface area contributed by atoms with E-state index in [1.807, 2.05) is 25.7 Å². The molecule has 3 unspecified atom stereocenters. The van der Waals surface area contributed by atoms with E-state index < -0.39 is 5.60 Å². The van der Waals surface area contributed by atoms with Crippen LogP contribution in [0.4, 0.5) is 4.79 Å². The Morgan fingerprint density at radius 3 is 2.65 bits per heavy atom. The van der Waals surface area contributed by atoms with E-state index >= 15 is 0 Å². The Labute approximate surface area is 140 Å². The van der Waals surface area contributed by atoms with E-state index in [2.05, 4.69) is 22.4 Å². The molecular weight excluding hydrogens is 290 g/mol.